The van der Waals surface area contributed by atoms with Crippen molar-refractivity contribution in [3.8, 4) is 10.6 Å². The van der Waals surface area contributed by atoms with Gasteiger partial charge in [-0.25, -0.2) is 13.8 Å². The van der Waals surface area contributed by atoms with Crippen LogP contribution in [0.4, 0.5) is 8.78 Å². The van der Waals surface area contributed by atoms with E-state index in [9.17, 15) is 18.4 Å². The van der Waals surface area contributed by atoms with Gasteiger partial charge in [-0.15, -0.1) is 11.3 Å². The van der Waals surface area contributed by atoms with Crippen LogP contribution < -0.4 is 5.32 Å². The molecule has 3 rings (SSSR count). The molecule has 1 heterocycles. The molecule has 2 aromatic carbocycles. The molecule has 27 heavy (non-hydrogen) atoms. The molecular weight excluding hydrogens is 374 g/mol. The number of amides is 1. The second-order valence-corrected chi connectivity index (χ2v) is 6.55. The number of nitrogens with one attached hydrogen (secondary N) is 1. The van der Waals surface area contributed by atoms with E-state index in [4.69, 9.17) is 5.11 Å². The average molecular weight is 388 g/mol. The highest BCUT2D eigenvalue weighted by Crippen LogP contribution is 2.26. The van der Waals surface area contributed by atoms with Gasteiger partial charge in [-0.3, -0.25) is 9.59 Å². The number of aliphatic carboxylic acids is 1. The second kappa shape index (κ2) is 8.05. The van der Waals surface area contributed by atoms with E-state index in [-0.39, 0.29) is 11.3 Å². The lowest BCUT2D eigenvalue weighted by atomic mass is 10.0. The van der Waals surface area contributed by atoms with Gasteiger partial charge < -0.3 is 10.4 Å². The van der Waals surface area contributed by atoms with E-state index in [0.717, 1.165) is 11.3 Å². The van der Waals surface area contributed by atoms with Crippen molar-refractivity contribution in [2.24, 2.45) is 0 Å². The highest BCUT2D eigenvalue weighted by atomic mass is 32.1. The number of carbonyl (C=O) groups is 2. The third kappa shape index (κ3) is 4.53. The Kier molecular flexibility index (Phi) is 5.56. The van der Waals surface area contributed by atoms with Gasteiger partial charge in [0.25, 0.3) is 5.91 Å². The molecule has 0 aliphatic heterocycles. The number of carbonyl (C=O) groups excluding carboxylic acids is 1. The fraction of sp³-hybridized carbons (Fsp3) is 0.105. The molecule has 0 spiro atoms. The van der Waals surface area contributed by atoms with Crippen molar-refractivity contribution in [3.63, 3.8) is 0 Å². The highest BCUT2D eigenvalue weighted by molar-refractivity contribution is 7.13. The van der Waals surface area contributed by atoms with Crippen molar-refractivity contribution in [1.82, 2.24) is 10.3 Å². The maximum Gasteiger partial charge on any atom is 0.305 e. The van der Waals surface area contributed by atoms with E-state index in [1.165, 1.54) is 35.7 Å². The number of rotatable bonds is 6. The predicted octanol–water partition coefficient (Wildman–Crippen LogP) is 4.03. The molecule has 8 heteroatoms. The van der Waals surface area contributed by atoms with E-state index in [0.29, 0.717) is 10.6 Å². The Labute approximate surface area is 157 Å². The minimum Gasteiger partial charge on any atom is -0.481 e. The number of nitrogens with zero attached hydrogens (tertiary/aromatic N) is 1. The van der Waals surface area contributed by atoms with Crippen LogP contribution in [0.1, 0.15) is 28.5 Å². The van der Waals surface area contributed by atoms with Crippen molar-refractivity contribution in [3.05, 3.63) is 76.8 Å². The molecule has 0 radical (unpaired) electrons. The molecule has 0 aliphatic rings. The van der Waals surface area contributed by atoms with Crippen LogP contribution in [-0.4, -0.2) is 22.0 Å². The fourth-order valence-electron chi connectivity index (χ4n) is 2.52. The van der Waals surface area contributed by atoms with E-state index >= 15 is 0 Å². The minimum absolute atomic E-state index is 0.0324. The molecule has 0 saturated heterocycles. The Morgan fingerprint density at radius 3 is 2.63 bits per heavy atom. The van der Waals surface area contributed by atoms with Gasteiger partial charge in [0.1, 0.15) is 22.3 Å². The van der Waals surface area contributed by atoms with E-state index < -0.39 is 36.0 Å². The number of benzene rings is 2. The van der Waals surface area contributed by atoms with Gasteiger partial charge in [-0.05, 0) is 29.8 Å². The first-order valence-electron chi connectivity index (χ1n) is 7.92. The van der Waals surface area contributed by atoms with Gasteiger partial charge in [0.05, 0.1) is 12.5 Å². The lowest BCUT2D eigenvalue weighted by Gasteiger charge is -2.16. The maximum absolute atomic E-state index is 13.9. The third-order valence-corrected chi connectivity index (χ3v) is 4.65. The maximum atomic E-state index is 13.9. The van der Waals surface area contributed by atoms with Crippen LogP contribution in [0.3, 0.4) is 0 Å². The van der Waals surface area contributed by atoms with Gasteiger partial charge in [0.15, 0.2) is 0 Å². The van der Waals surface area contributed by atoms with E-state index in [1.54, 1.807) is 18.2 Å². The largest absolute Gasteiger partial charge is 0.481 e. The first kappa shape index (κ1) is 18.7. The summed E-state index contributed by atoms with van der Waals surface area (Å²) in [6.45, 7) is 0. The molecular formula is C19H14F2N2O3S. The monoisotopic (exact) mass is 388 g/mol. The quantitative estimate of drug-likeness (QED) is 0.668. The summed E-state index contributed by atoms with van der Waals surface area (Å²) in [4.78, 5) is 27.7. The minimum atomic E-state index is -1.14. The van der Waals surface area contributed by atoms with Crippen LogP contribution in [0.2, 0.25) is 0 Å². The molecule has 5 nitrogen and oxygen atoms in total. The van der Waals surface area contributed by atoms with Gasteiger partial charge >= 0.3 is 5.97 Å². The van der Waals surface area contributed by atoms with Crippen LogP contribution in [0, 0.1) is 11.6 Å². The zero-order chi connectivity index (χ0) is 19.4. The first-order valence-corrected chi connectivity index (χ1v) is 8.80. The number of aromatic nitrogens is 1. The number of carboxylic acids is 1. The topological polar surface area (TPSA) is 79.3 Å². The summed E-state index contributed by atoms with van der Waals surface area (Å²) in [5.41, 5.74) is 0.633. The van der Waals surface area contributed by atoms with Crippen LogP contribution >= 0.6 is 11.3 Å². The molecule has 1 amide bonds. The smallest absolute Gasteiger partial charge is 0.305 e. The normalized spacial score (nSPS) is 11.8. The standard InChI is InChI=1S/C19H14F2N2O3S/c20-12-5-3-4-11(8-12)15(9-17(24)25)22-18(26)16-10-27-19(23-16)13-6-1-2-7-14(13)21/h1-8,10,15H,9H2,(H,22,26)(H,24,25). The molecule has 1 unspecified atom stereocenters. The van der Waals surface area contributed by atoms with Crippen molar-refractivity contribution in [2.45, 2.75) is 12.5 Å². The van der Waals surface area contributed by atoms with Gasteiger partial charge in [0, 0.05) is 10.9 Å². The molecule has 2 N–H and O–H groups in total. The molecule has 0 fully saturated rings. The van der Waals surface area contributed by atoms with Crippen molar-refractivity contribution in [1.29, 1.82) is 0 Å². The Morgan fingerprint density at radius 1 is 1.15 bits per heavy atom. The Morgan fingerprint density at radius 2 is 1.93 bits per heavy atom. The van der Waals surface area contributed by atoms with Crippen molar-refractivity contribution >= 4 is 23.2 Å². The summed E-state index contributed by atoms with van der Waals surface area (Å²) in [5, 5.41) is 13.4. The number of hydrogen-bond acceptors (Lipinski definition) is 4. The highest BCUT2D eigenvalue weighted by Gasteiger charge is 2.21. The van der Waals surface area contributed by atoms with Gasteiger partial charge in [-0.1, -0.05) is 24.3 Å². The van der Waals surface area contributed by atoms with Gasteiger partial charge in [0.2, 0.25) is 0 Å². The van der Waals surface area contributed by atoms with Crippen LogP contribution in [0.15, 0.2) is 53.9 Å². The zero-order valence-corrected chi connectivity index (χ0v) is 14.7. The van der Waals surface area contributed by atoms with Gasteiger partial charge in [-0.2, -0.15) is 0 Å². The van der Waals surface area contributed by atoms with Crippen LogP contribution in [0.5, 0.6) is 0 Å². The summed E-state index contributed by atoms with van der Waals surface area (Å²) in [5.74, 6) is -2.76. The van der Waals surface area contributed by atoms with Crippen molar-refractivity contribution in [2.75, 3.05) is 0 Å². The summed E-state index contributed by atoms with van der Waals surface area (Å²) in [6, 6.07) is 10.5. The number of carboxylic acid groups (broad SMARTS) is 1. The fourth-order valence-corrected chi connectivity index (χ4v) is 3.35. The SMILES string of the molecule is O=C(O)CC(NC(=O)c1csc(-c2ccccc2F)n1)c1cccc(F)c1. The zero-order valence-electron chi connectivity index (χ0n) is 13.9. The average Bonchev–Trinajstić information content (AvgIpc) is 3.11. The summed E-state index contributed by atoms with van der Waals surface area (Å²) in [6.07, 6.45) is -0.417. The molecule has 0 aliphatic carbocycles. The lowest BCUT2D eigenvalue weighted by molar-refractivity contribution is -0.137. The summed E-state index contributed by atoms with van der Waals surface area (Å²) in [7, 11) is 0. The number of thiazole rings is 1. The molecule has 138 valence electrons. The van der Waals surface area contributed by atoms with Crippen LogP contribution in [0.25, 0.3) is 10.6 Å². The second-order valence-electron chi connectivity index (χ2n) is 5.70. The van der Waals surface area contributed by atoms with E-state index in [2.05, 4.69) is 10.3 Å². The lowest BCUT2D eigenvalue weighted by Crippen LogP contribution is -2.30. The predicted molar refractivity (Wildman–Crippen MR) is 96.4 cm³/mol. The summed E-state index contributed by atoms with van der Waals surface area (Å²) < 4.78 is 27.3. The Bertz CT molecular complexity index is 990. The molecule has 1 aromatic heterocycles. The number of halogens is 2. The molecule has 0 saturated carbocycles. The Balaban J connectivity index is 1.82. The van der Waals surface area contributed by atoms with Crippen molar-refractivity contribution < 1.29 is 23.5 Å². The Hall–Kier alpha value is -3.13. The summed E-state index contributed by atoms with van der Waals surface area (Å²) >= 11 is 1.10. The molecule has 3 aromatic rings. The van der Waals surface area contributed by atoms with Crippen LogP contribution in [-0.2, 0) is 4.79 Å². The molecule has 1 atom stereocenters. The third-order valence-electron chi connectivity index (χ3n) is 3.78. The first-order chi connectivity index (χ1) is 12.9. The molecule has 0 bridgehead atoms. The number of hydrogen-bond donors (Lipinski definition) is 2. The van der Waals surface area contributed by atoms with E-state index in [1.807, 2.05) is 0 Å².